The quantitative estimate of drug-likeness (QED) is 0.690. The summed E-state index contributed by atoms with van der Waals surface area (Å²) in [7, 11) is 0. The Bertz CT molecular complexity index is 1030. The second-order valence-corrected chi connectivity index (χ2v) is 6.48. The number of amides is 1. The first-order valence-electron chi connectivity index (χ1n) is 7.77. The number of halogens is 2. The molecule has 0 fully saturated rings. The van der Waals surface area contributed by atoms with E-state index in [0.29, 0.717) is 28.1 Å². The van der Waals surface area contributed by atoms with Gasteiger partial charge in [0.05, 0.1) is 22.3 Å². The fourth-order valence-corrected chi connectivity index (χ4v) is 3.04. The molecule has 0 radical (unpaired) electrons. The molecule has 4 rings (SSSR count). The van der Waals surface area contributed by atoms with Crippen molar-refractivity contribution in [1.29, 1.82) is 0 Å². The minimum absolute atomic E-state index is 0.146. The zero-order valence-corrected chi connectivity index (χ0v) is 14.9. The lowest BCUT2D eigenvalue weighted by Gasteiger charge is -2.01. The summed E-state index contributed by atoms with van der Waals surface area (Å²) >= 11 is 12.1. The lowest BCUT2D eigenvalue weighted by atomic mass is 10.2. The summed E-state index contributed by atoms with van der Waals surface area (Å²) in [4.78, 5) is 16.4. The lowest BCUT2D eigenvalue weighted by molar-refractivity contribution is -0.116. The summed E-state index contributed by atoms with van der Waals surface area (Å²) in [5.74, 6) is 0.856. The molecule has 2 aromatic heterocycles. The van der Waals surface area contributed by atoms with Crippen molar-refractivity contribution in [2.75, 3.05) is 6.79 Å². The first-order valence-corrected chi connectivity index (χ1v) is 8.52. The van der Waals surface area contributed by atoms with Crippen LogP contribution in [0.4, 0.5) is 0 Å². The Morgan fingerprint density at radius 3 is 3.04 bits per heavy atom. The number of hydrogen-bond donors (Lipinski definition) is 1. The third-order valence-corrected chi connectivity index (χ3v) is 4.29. The number of hydrogen-bond acceptors (Lipinski definition) is 4. The molecule has 1 aliphatic heterocycles. The Morgan fingerprint density at radius 2 is 2.15 bits per heavy atom. The van der Waals surface area contributed by atoms with Gasteiger partial charge in [-0.2, -0.15) is 0 Å². The smallest absolute Gasteiger partial charge is 0.244 e. The summed E-state index contributed by atoms with van der Waals surface area (Å²) in [5.41, 5.74) is 2.25. The first-order chi connectivity index (χ1) is 12.6. The van der Waals surface area contributed by atoms with E-state index in [9.17, 15) is 4.79 Å². The van der Waals surface area contributed by atoms with E-state index >= 15 is 0 Å². The lowest BCUT2D eigenvalue weighted by Crippen LogP contribution is -2.20. The standard InChI is InChI=1S/C18H13Cl2N3O3/c19-12-2-3-16-22-13(9-23(16)8-12)7-21-17(24)4-1-11-5-14(20)18-15(6-11)25-10-26-18/h1-6,8-9H,7,10H2,(H,21,24)/b4-1+. The number of carbonyl (C=O) groups is 1. The van der Waals surface area contributed by atoms with Gasteiger partial charge in [0.1, 0.15) is 5.65 Å². The minimum Gasteiger partial charge on any atom is -0.454 e. The molecule has 1 amide bonds. The first kappa shape index (κ1) is 16.8. The second-order valence-electron chi connectivity index (χ2n) is 5.63. The largest absolute Gasteiger partial charge is 0.454 e. The minimum atomic E-state index is -0.242. The number of fused-ring (bicyclic) bond motifs is 2. The molecule has 1 aliphatic rings. The van der Waals surface area contributed by atoms with Gasteiger partial charge in [0, 0.05) is 18.5 Å². The monoisotopic (exact) mass is 389 g/mol. The van der Waals surface area contributed by atoms with Crippen LogP contribution in [0.5, 0.6) is 11.5 Å². The Kier molecular flexibility index (Phi) is 4.44. The molecule has 1 N–H and O–H groups in total. The maximum absolute atomic E-state index is 12.0. The molecule has 6 nitrogen and oxygen atoms in total. The number of ether oxygens (including phenoxy) is 2. The number of imidazole rings is 1. The SMILES string of the molecule is O=C(/C=C/c1cc(Cl)c2c(c1)OCO2)NCc1cn2cc(Cl)ccc2n1. The van der Waals surface area contributed by atoms with Crippen molar-refractivity contribution in [3.05, 3.63) is 64.0 Å². The Hall–Kier alpha value is -2.70. The van der Waals surface area contributed by atoms with E-state index in [-0.39, 0.29) is 12.7 Å². The molecule has 0 saturated heterocycles. The normalized spacial score (nSPS) is 12.8. The molecule has 132 valence electrons. The molecule has 0 spiro atoms. The maximum atomic E-state index is 12.0. The van der Waals surface area contributed by atoms with Gasteiger partial charge in [-0.3, -0.25) is 4.79 Å². The highest BCUT2D eigenvalue weighted by Gasteiger charge is 2.17. The van der Waals surface area contributed by atoms with Crippen molar-refractivity contribution >= 4 is 40.8 Å². The highest BCUT2D eigenvalue weighted by atomic mass is 35.5. The Labute approximate surface area is 159 Å². The van der Waals surface area contributed by atoms with E-state index in [1.165, 1.54) is 6.08 Å². The van der Waals surface area contributed by atoms with Crippen LogP contribution in [0.3, 0.4) is 0 Å². The fourth-order valence-electron chi connectivity index (χ4n) is 2.59. The summed E-state index contributed by atoms with van der Waals surface area (Å²) < 4.78 is 12.4. The van der Waals surface area contributed by atoms with E-state index in [1.807, 2.05) is 16.7 Å². The zero-order valence-electron chi connectivity index (χ0n) is 13.4. The van der Waals surface area contributed by atoms with Crippen LogP contribution in [0.2, 0.25) is 10.0 Å². The highest BCUT2D eigenvalue weighted by Crippen LogP contribution is 2.40. The molecule has 0 bridgehead atoms. The molecule has 26 heavy (non-hydrogen) atoms. The highest BCUT2D eigenvalue weighted by molar-refractivity contribution is 6.32. The van der Waals surface area contributed by atoms with Gasteiger partial charge in [0.15, 0.2) is 11.5 Å². The number of carbonyl (C=O) groups excluding carboxylic acids is 1. The Balaban J connectivity index is 1.40. The molecule has 8 heteroatoms. The summed E-state index contributed by atoms with van der Waals surface area (Å²) in [6, 6.07) is 7.07. The topological polar surface area (TPSA) is 64.9 Å². The molecule has 0 unspecified atom stereocenters. The molecular weight excluding hydrogens is 377 g/mol. The van der Waals surface area contributed by atoms with E-state index in [0.717, 1.165) is 16.9 Å². The molecule has 0 atom stereocenters. The molecule has 3 aromatic rings. The van der Waals surface area contributed by atoms with Crippen molar-refractivity contribution in [1.82, 2.24) is 14.7 Å². The van der Waals surface area contributed by atoms with Gasteiger partial charge < -0.3 is 19.2 Å². The molecule has 0 aliphatic carbocycles. The summed E-state index contributed by atoms with van der Waals surface area (Å²) in [6.45, 7) is 0.456. The van der Waals surface area contributed by atoms with Gasteiger partial charge in [0.2, 0.25) is 12.7 Å². The van der Waals surface area contributed by atoms with Gasteiger partial charge >= 0.3 is 0 Å². The van der Waals surface area contributed by atoms with Crippen LogP contribution in [-0.2, 0) is 11.3 Å². The number of nitrogens with one attached hydrogen (secondary N) is 1. The van der Waals surface area contributed by atoms with Gasteiger partial charge in [-0.25, -0.2) is 4.98 Å². The van der Waals surface area contributed by atoms with Gasteiger partial charge in [-0.05, 0) is 35.9 Å². The Morgan fingerprint density at radius 1 is 1.27 bits per heavy atom. The van der Waals surface area contributed by atoms with E-state index in [2.05, 4.69) is 10.3 Å². The van der Waals surface area contributed by atoms with Gasteiger partial charge in [-0.1, -0.05) is 23.2 Å². The zero-order chi connectivity index (χ0) is 18.1. The van der Waals surface area contributed by atoms with Crippen molar-refractivity contribution in [3.8, 4) is 11.5 Å². The van der Waals surface area contributed by atoms with Crippen molar-refractivity contribution < 1.29 is 14.3 Å². The average Bonchev–Trinajstić information content (AvgIpc) is 3.24. The molecule has 0 saturated carbocycles. The van der Waals surface area contributed by atoms with Crippen LogP contribution in [-0.4, -0.2) is 22.1 Å². The molecule has 1 aromatic carbocycles. The summed E-state index contributed by atoms with van der Waals surface area (Å²) in [5, 5.41) is 3.86. The van der Waals surface area contributed by atoms with Crippen LogP contribution < -0.4 is 14.8 Å². The van der Waals surface area contributed by atoms with Crippen LogP contribution in [0, 0.1) is 0 Å². The van der Waals surface area contributed by atoms with Crippen LogP contribution in [0.25, 0.3) is 11.7 Å². The predicted molar refractivity (Wildman–Crippen MR) is 98.7 cm³/mol. The number of rotatable bonds is 4. The molecule has 3 heterocycles. The van der Waals surface area contributed by atoms with E-state index < -0.39 is 0 Å². The van der Waals surface area contributed by atoms with Gasteiger partial charge in [0.25, 0.3) is 0 Å². The maximum Gasteiger partial charge on any atom is 0.244 e. The van der Waals surface area contributed by atoms with Crippen molar-refractivity contribution in [2.45, 2.75) is 6.54 Å². The third kappa shape index (κ3) is 3.47. The van der Waals surface area contributed by atoms with E-state index in [4.69, 9.17) is 32.7 Å². The van der Waals surface area contributed by atoms with Gasteiger partial charge in [-0.15, -0.1) is 0 Å². The number of benzene rings is 1. The number of aromatic nitrogens is 2. The number of pyridine rings is 1. The van der Waals surface area contributed by atoms with Crippen molar-refractivity contribution in [3.63, 3.8) is 0 Å². The average molecular weight is 390 g/mol. The van der Waals surface area contributed by atoms with Crippen LogP contribution in [0.1, 0.15) is 11.3 Å². The van der Waals surface area contributed by atoms with Crippen LogP contribution in [0.15, 0.2) is 42.7 Å². The fraction of sp³-hybridized carbons (Fsp3) is 0.111. The summed E-state index contributed by atoms with van der Waals surface area (Å²) in [6.07, 6.45) is 6.68. The molecular formula is C18H13Cl2N3O3. The third-order valence-electron chi connectivity index (χ3n) is 3.79. The van der Waals surface area contributed by atoms with E-state index in [1.54, 1.807) is 30.5 Å². The second kappa shape index (κ2) is 6.90. The van der Waals surface area contributed by atoms with Crippen LogP contribution >= 0.6 is 23.2 Å². The predicted octanol–water partition coefficient (Wildman–Crippen LogP) is 3.70. The number of nitrogens with zero attached hydrogens (tertiary/aromatic N) is 2. The van der Waals surface area contributed by atoms with Crippen molar-refractivity contribution in [2.24, 2.45) is 0 Å².